The topological polar surface area (TPSA) is 78.9 Å². The molecule has 0 saturated carbocycles. The number of benzene rings is 1. The number of nitrogens with zero attached hydrogens (tertiary/aromatic N) is 1. The number of carboxylic acid groups (broad SMARTS) is 1. The summed E-state index contributed by atoms with van der Waals surface area (Å²) in [5, 5.41) is 12.1. The van der Waals surface area contributed by atoms with Crippen molar-refractivity contribution < 1.29 is 19.4 Å². The summed E-state index contributed by atoms with van der Waals surface area (Å²) in [5.41, 5.74) is 4.37. The lowest BCUT2D eigenvalue weighted by molar-refractivity contribution is -0.139. The van der Waals surface area contributed by atoms with Crippen molar-refractivity contribution in [1.29, 1.82) is 0 Å². The molecule has 6 nitrogen and oxygen atoms in total. The zero-order chi connectivity index (χ0) is 21.5. The first-order valence-electron chi connectivity index (χ1n) is 10.6. The largest absolute Gasteiger partial charge is 0.480 e. The maximum atomic E-state index is 12.4. The summed E-state index contributed by atoms with van der Waals surface area (Å²) in [4.78, 5) is 26.1. The highest BCUT2D eigenvalue weighted by Crippen LogP contribution is 2.44. The van der Waals surface area contributed by atoms with Gasteiger partial charge in [-0.1, -0.05) is 62.4 Å². The lowest BCUT2D eigenvalue weighted by Crippen LogP contribution is -2.49. The van der Waals surface area contributed by atoms with Crippen molar-refractivity contribution in [2.24, 2.45) is 0 Å². The Bertz CT molecular complexity index is 866. The summed E-state index contributed by atoms with van der Waals surface area (Å²) in [6.45, 7) is 6.06. The number of carbonyl (C=O) groups excluding carboxylic acids is 1. The summed E-state index contributed by atoms with van der Waals surface area (Å²) in [5.74, 6) is -0.880. The number of fused-ring (bicyclic) bond motifs is 3. The van der Waals surface area contributed by atoms with Gasteiger partial charge in [-0.3, -0.25) is 0 Å². The van der Waals surface area contributed by atoms with Crippen LogP contribution in [0.5, 0.6) is 0 Å². The molecule has 0 fully saturated rings. The van der Waals surface area contributed by atoms with Crippen molar-refractivity contribution in [3.63, 3.8) is 0 Å². The van der Waals surface area contributed by atoms with Crippen molar-refractivity contribution in [3.8, 4) is 0 Å². The Hall–Kier alpha value is -2.86. The Kier molecular flexibility index (Phi) is 7.46. The van der Waals surface area contributed by atoms with Gasteiger partial charge in [-0.25, -0.2) is 9.59 Å². The molecule has 0 saturated heterocycles. The standard InChI is InChI=1S/C24H30N2O4/c1-3-13-26(14-4-2)15-22(23(27)28)25-24(29)30-16-21-19-11-7-5-9-17(19)18-10-6-8-12-20(18)21/h5-12,17,22H,3-4,13-16H2,1-2H3,(H,25,29)(H,27,28)/t17-,22+/m1/s1. The van der Waals surface area contributed by atoms with Crippen LogP contribution in [0, 0.1) is 0 Å². The molecular weight excluding hydrogens is 380 g/mol. The van der Waals surface area contributed by atoms with Gasteiger partial charge in [0, 0.05) is 18.0 Å². The third kappa shape index (κ3) is 5.00. The molecule has 0 radical (unpaired) electrons. The molecule has 6 heteroatoms. The molecule has 1 aromatic carbocycles. The Labute approximate surface area is 177 Å². The average molecular weight is 411 g/mol. The van der Waals surface area contributed by atoms with Gasteiger partial charge in [-0.05, 0) is 42.6 Å². The fraction of sp³-hybridized carbons (Fsp3) is 0.417. The van der Waals surface area contributed by atoms with E-state index < -0.39 is 18.1 Å². The number of allylic oxidation sites excluding steroid dienone is 5. The molecule has 2 N–H and O–H groups in total. The number of ether oxygens (including phenoxy) is 1. The number of alkyl carbamates (subject to hydrolysis) is 1. The zero-order valence-electron chi connectivity index (χ0n) is 17.6. The highest BCUT2D eigenvalue weighted by molar-refractivity contribution is 5.84. The van der Waals surface area contributed by atoms with Crippen LogP contribution in [0.2, 0.25) is 0 Å². The molecule has 3 rings (SSSR count). The molecule has 0 aliphatic heterocycles. The lowest BCUT2D eigenvalue weighted by Gasteiger charge is -2.25. The Morgan fingerprint density at radius 1 is 1.17 bits per heavy atom. The normalized spacial score (nSPS) is 17.6. The average Bonchev–Trinajstić information content (AvgIpc) is 3.06. The number of carboxylic acids is 1. The maximum absolute atomic E-state index is 12.4. The van der Waals surface area contributed by atoms with Crippen LogP contribution in [0.15, 0.2) is 54.1 Å². The first-order valence-corrected chi connectivity index (χ1v) is 10.6. The van der Waals surface area contributed by atoms with E-state index >= 15 is 0 Å². The van der Waals surface area contributed by atoms with Crippen LogP contribution in [0.4, 0.5) is 4.79 Å². The van der Waals surface area contributed by atoms with Gasteiger partial charge in [0.15, 0.2) is 0 Å². The van der Waals surface area contributed by atoms with Gasteiger partial charge in [0.1, 0.15) is 12.6 Å². The van der Waals surface area contributed by atoms with Crippen molar-refractivity contribution in [1.82, 2.24) is 10.2 Å². The van der Waals surface area contributed by atoms with Crippen LogP contribution in [0.1, 0.15) is 43.7 Å². The van der Waals surface area contributed by atoms with E-state index in [9.17, 15) is 14.7 Å². The van der Waals surface area contributed by atoms with Crippen molar-refractivity contribution in [2.45, 2.75) is 38.6 Å². The fourth-order valence-electron chi connectivity index (χ4n) is 4.15. The van der Waals surface area contributed by atoms with Gasteiger partial charge in [0.05, 0.1) is 0 Å². The number of hydrogen-bond donors (Lipinski definition) is 2. The molecule has 0 unspecified atom stereocenters. The highest BCUT2D eigenvalue weighted by atomic mass is 16.5. The van der Waals surface area contributed by atoms with E-state index in [-0.39, 0.29) is 19.1 Å². The fourth-order valence-corrected chi connectivity index (χ4v) is 4.15. The van der Waals surface area contributed by atoms with Crippen molar-refractivity contribution >= 4 is 17.6 Å². The monoisotopic (exact) mass is 410 g/mol. The third-order valence-electron chi connectivity index (χ3n) is 5.45. The molecule has 2 aliphatic rings. The van der Waals surface area contributed by atoms with E-state index in [2.05, 4.69) is 42.3 Å². The zero-order valence-corrected chi connectivity index (χ0v) is 17.6. The molecule has 2 aliphatic carbocycles. The van der Waals surface area contributed by atoms with Crippen LogP contribution < -0.4 is 5.32 Å². The molecule has 0 aromatic heterocycles. The van der Waals surface area contributed by atoms with Gasteiger partial charge in [0.2, 0.25) is 0 Å². The molecule has 0 bridgehead atoms. The second-order valence-corrected chi connectivity index (χ2v) is 7.65. The van der Waals surface area contributed by atoms with Crippen LogP contribution in [0.25, 0.3) is 5.57 Å². The predicted octanol–water partition coefficient (Wildman–Crippen LogP) is 3.96. The molecule has 2 atom stereocenters. The molecule has 0 spiro atoms. The van der Waals surface area contributed by atoms with Gasteiger partial charge in [-0.2, -0.15) is 0 Å². The number of nitrogens with one attached hydrogen (secondary N) is 1. The molecule has 1 aromatic rings. The lowest BCUT2D eigenvalue weighted by atomic mass is 9.92. The van der Waals surface area contributed by atoms with Crippen molar-refractivity contribution in [2.75, 3.05) is 26.2 Å². The minimum atomic E-state index is -1.06. The Balaban J connectivity index is 1.65. The molecule has 1 amide bonds. The number of carbonyl (C=O) groups is 2. The van der Waals surface area contributed by atoms with Crippen LogP contribution in [0.3, 0.4) is 0 Å². The van der Waals surface area contributed by atoms with Gasteiger partial charge < -0.3 is 20.1 Å². The smallest absolute Gasteiger partial charge is 0.408 e. The summed E-state index contributed by atoms with van der Waals surface area (Å²) < 4.78 is 5.47. The minimum absolute atomic E-state index is 0.104. The predicted molar refractivity (Wildman–Crippen MR) is 117 cm³/mol. The van der Waals surface area contributed by atoms with Crippen molar-refractivity contribution in [3.05, 3.63) is 65.3 Å². The van der Waals surface area contributed by atoms with E-state index in [0.29, 0.717) is 0 Å². The number of hydrogen-bond acceptors (Lipinski definition) is 4. The first-order chi connectivity index (χ1) is 14.5. The second-order valence-electron chi connectivity index (χ2n) is 7.65. The van der Waals surface area contributed by atoms with E-state index in [1.54, 1.807) is 0 Å². The van der Waals surface area contributed by atoms with Crippen LogP contribution >= 0.6 is 0 Å². The molecular formula is C24H30N2O4. The summed E-state index contributed by atoms with van der Waals surface area (Å²) >= 11 is 0. The van der Waals surface area contributed by atoms with E-state index in [1.807, 2.05) is 30.4 Å². The molecule has 0 heterocycles. The van der Waals surface area contributed by atoms with Gasteiger partial charge in [-0.15, -0.1) is 0 Å². The molecule has 160 valence electrons. The van der Waals surface area contributed by atoms with E-state index in [1.165, 1.54) is 5.56 Å². The highest BCUT2D eigenvalue weighted by Gasteiger charge is 2.30. The Morgan fingerprint density at radius 2 is 1.90 bits per heavy atom. The van der Waals surface area contributed by atoms with E-state index in [0.717, 1.165) is 42.6 Å². The van der Waals surface area contributed by atoms with Crippen LogP contribution in [-0.2, 0) is 9.53 Å². The Morgan fingerprint density at radius 3 is 2.60 bits per heavy atom. The number of rotatable bonds is 10. The first kappa shape index (κ1) is 21.8. The summed E-state index contributed by atoms with van der Waals surface area (Å²) in [6, 6.07) is 7.10. The van der Waals surface area contributed by atoms with Gasteiger partial charge in [0.25, 0.3) is 0 Å². The molecule has 30 heavy (non-hydrogen) atoms. The SMILES string of the molecule is CCCN(CCC)C[C@H](NC(=O)OCC1=C2C=CC=C[C@@H]2c2ccccc21)C(=O)O. The summed E-state index contributed by atoms with van der Waals surface area (Å²) in [7, 11) is 0. The number of aliphatic carboxylic acids is 1. The number of amides is 1. The second kappa shape index (κ2) is 10.3. The summed E-state index contributed by atoms with van der Waals surface area (Å²) in [6.07, 6.45) is 9.34. The van der Waals surface area contributed by atoms with Gasteiger partial charge >= 0.3 is 12.1 Å². The van der Waals surface area contributed by atoms with E-state index in [4.69, 9.17) is 4.74 Å². The van der Waals surface area contributed by atoms with Crippen LogP contribution in [-0.4, -0.2) is 54.4 Å². The quantitative estimate of drug-likeness (QED) is 0.610. The maximum Gasteiger partial charge on any atom is 0.408 e. The minimum Gasteiger partial charge on any atom is -0.480 e. The third-order valence-corrected chi connectivity index (χ3v) is 5.45.